The van der Waals surface area contributed by atoms with Crippen LogP contribution >= 0.6 is 0 Å². The van der Waals surface area contributed by atoms with Crippen LogP contribution in [0.1, 0.15) is 36.0 Å². The summed E-state index contributed by atoms with van der Waals surface area (Å²) >= 11 is 0. The van der Waals surface area contributed by atoms with Gasteiger partial charge in [-0.05, 0) is 43.2 Å². The standard InChI is InChI=1S/C20H28N2O5/c1-25-11-13-8-19(23)22-18-9-14(4-5-17(13)18)21-20(24)12-6-15(26-2)10-16(7-12)27-3/h6-7,10,13-14,17-18H,4-5,8-9,11H2,1-3H3,(H,21,24)(H,22,23). The molecule has 3 rings (SSSR count). The molecule has 0 aromatic heterocycles. The van der Waals surface area contributed by atoms with Crippen molar-refractivity contribution in [2.24, 2.45) is 11.8 Å². The highest BCUT2D eigenvalue weighted by Gasteiger charge is 2.40. The lowest BCUT2D eigenvalue weighted by Crippen LogP contribution is -2.56. The highest BCUT2D eigenvalue weighted by Crippen LogP contribution is 2.35. The Labute approximate surface area is 159 Å². The maximum absolute atomic E-state index is 12.7. The number of piperidine rings is 1. The van der Waals surface area contributed by atoms with Crippen LogP contribution in [0, 0.1) is 11.8 Å². The average molecular weight is 376 g/mol. The van der Waals surface area contributed by atoms with Crippen molar-refractivity contribution in [2.75, 3.05) is 27.9 Å². The second-order valence-corrected chi connectivity index (χ2v) is 7.34. The molecule has 4 unspecified atom stereocenters. The van der Waals surface area contributed by atoms with Crippen molar-refractivity contribution in [3.05, 3.63) is 23.8 Å². The van der Waals surface area contributed by atoms with Crippen LogP contribution < -0.4 is 20.1 Å². The molecule has 4 atom stereocenters. The number of carbonyl (C=O) groups is 2. The van der Waals surface area contributed by atoms with Crippen molar-refractivity contribution in [1.82, 2.24) is 10.6 Å². The molecule has 2 fully saturated rings. The number of methoxy groups -OCH3 is 3. The fourth-order valence-electron chi connectivity index (χ4n) is 4.31. The van der Waals surface area contributed by atoms with Crippen LogP contribution in [-0.2, 0) is 9.53 Å². The van der Waals surface area contributed by atoms with Gasteiger partial charge in [-0.25, -0.2) is 0 Å². The lowest BCUT2D eigenvalue weighted by molar-refractivity contribution is -0.128. The second-order valence-electron chi connectivity index (χ2n) is 7.34. The van der Waals surface area contributed by atoms with Gasteiger partial charge in [-0.1, -0.05) is 0 Å². The van der Waals surface area contributed by atoms with Gasteiger partial charge in [0.2, 0.25) is 5.91 Å². The molecule has 7 nitrogen and oxygen atoms in total. The number of rotatable bonds is 6. The van der Waals surface area contributed by atoms with E-state index in [2.05, 4.69) is 10.6 Å². The summed E-state index contributed by atoms with van der Waals surface area (Å²) in [6.07, 6.45) is 3.12. The van der Waals surface area contributed by atoms with Crippen LogP contribution in [0.2, 0.25) is 0 Å². The fourth-order valence-corrected chi connectivity index (χ4v) is 4.31. The van der Waals surface area contributed by atoms with E-state index in [4.69, 9.17) is 14.2 Å². The molecule has 0 spiro atoms. The number of hydrogen-bond acceptors (Lipinski definition) is 5. The van der Waals surface area contributed by atoms with Crippen molar-refractivity contribution >= 4 is 11.8 Å². The molecule has 27 heavy (non-hydrogen) atoms. The third kappa shape index (κ3) is 4.53. The molecule has 1 saturated heterocycles. The minimum atomic E-state index is -0.161. The normalized spacial score (nSPS) is 27.3. The number of carbonyl (C=O) groups excluding carboxylic acids is 2. The van der Waals surface area contributed by atoms with Crippen LogP contribution in [0.3, 0.4) is 0 Å². The van der Waals surface area contributed by atoms with E-state index in [0.717, 1.165) is 19.3 Å². The largest absolute Gasteiger partial charge is 0.497 e. The number of amides is 2. The van der Waals surface area contributed by atoms with Crippen molar-refractivity contribution in [2.45, 2.75) is 37.8 Å². The van der Waals surface area contributed by atoms with E-state index >= 15 is 0 Å². The molecule has 0 bridgehead atoms. The van der Waals surface area contributed by atoms with Crippen LogP contribution in [0.5, 0.6) is 11.5 Å². The Hall–Kier alpha value is -2.28. The van der Waals surface area contributed by atoms with Crippen molar-refractivity contribution in [3.63, 3.8) is 0 Å². The molecule has 2 N–H and O–H groups in total. The predicted octanol–water partition coefficient (Wildman–Crippen LogP) is 1.75. The molecule has 1 aliphatic carbocycles. The van der Waals surface area contributed by atoms with Crippen LogP contribution in [-0.4, -0.2) is 51.8 Å². The molecule has 1 saturated carbocycles. The Morgan fingerprint density at radius 1 is 1.15 bits per heavy atom. The van der Waals surface area contributed by atoms with Gasteiger partial charge < -0.3 is 24.8 Å². The molecule has 1 aliphatic heterocycles. The van der Waals surface area contributed by atoms with Crippen molar-refractivity contribution < 1.29 is 23.8 Å². The Bertz CT molecular complexity index is 671. The summed E-state index contributed by atoms with van der Waals surface area (Å²) in [6, 6.07) is 5.24. The number of benzene rings is 1. The summed E-state index contributed by atoms with van der Waals surface area (Å²) in [7, 11) is 4.79. The van der Waals surface area contributed by atoms with Gasteiger partial charge in [0.05, 0.1) is 14.2 Å². The molecule has 0 radical (unpaired) electrons. The van der Waals surface area contributed by atoms with Crippen LogP contribution in [0.4, 0.5) is 0 Å². The number of hydrogen-bond donors (Lipinski definition) is 2. The maximum Gasteiger partial charge on any atom is 0.251 e. The first-order valence-electron chi connectivity index (χ1n) is 9.36. The van der Waals surface area contributed by atoms with E-state index in [0.29, 0.717) is 36.0 Å². The minimum Gasteiger partial charge on any atom is -0.497 e. The van der Waals surface area contributed by atoms with Crippen molar-refractivity contribution in [3.8, 4) is 11.5 Å². The summed E-state index contributed by atoms with van der Waals surface area (Å²) < 4.78 is 15.8. The predicted molar refractivity (Wildman–Crippen MR) is 100 cm³/mol. The summed E-state index contributed by atoms with van der Waals surface area (Å²) in [5.41, 5.74) is 0.498. The molecular weight excluding hydrogens is 348 g/mol. The molecule has 2 aliphatic rings. The van der Waals surface area contributed by atoms with E-state index < -0.39 is 0 Å². The molecule has 1 aromatic carbocycles. The van der Waals surface area contributed by atoms with E-state index in [1.807, 2.05) is 0 Å². The van der Waals surface area contributed by atoms with Gasteiger partial charge in [-0.3, -0.25) is 9.59 Å². The Morgan fingerprint density at radius 3 is 2.48 bits per heavy atom. The van der Waals surface area contributed by atoms with Crippen molar-refractivity contribution in [1.29, 1.82) is 0 Å². The molecule has 2 amide bonds. The molecular formula is C20H28N2O5. The van der Waals surface area contributed by atoms with Crippen LogP contribution in [0.15, 0.2) is 18.2 Å². The Balaban J connectivity index is 1.65. The van der Waals surface area contributed by atoms with E-state index in [1.54, 1.807) is 39.5 Å². The Morgan fingerprint density at radius 2 is 1.85 bits per heavy atom. The lowest BCUT2D eigenvalue weighted by Gasteiger charge is -2.43. The van der Waals surface area contributed by atoms with E-state index in [-0.39, 0.29) is 29.8 Å². The minimum absolute atomic E-state index is 0.0255. The first-order valence-corrected chi connectivity index (χ1v) is 9.36. The van der Waals surface area contributed by atoms with Gasteiger partial charge in [-0.15, -0.1) is 0 Å². The summed E-state index contributed by atoms with van der Waals surface area (Å²) in [5, 5.41) is 6.20. The van der Waals surface area contributed by atoms with Gasteiger partial charge in [0, 0.05) is 43.9 Å². The van der Waals surface area contributed by atoms with Crippen LogP contribution in [0.25, 0.3) is 0 Å². The molecule has 1 heterocycles. The quantitative estimate of drug-likeness (QED) is 0.790. The maximum atomic E-state index is 12.7. The topological polar surface area (TPSA) is 85.9 Å². The zero-order valence-corrected chi connectivity index (χ0v) is 16.1. The lowest BCUT2D eigenvalue weighted by atomic mass is 9.71. The number of ether oxygens (including phenoxy) is 3. The highest BCUT2D eigenvalue weighted by atomic mass is 16.5. The van der Waals surface area contributed by atoms with Gasteiger partial charge in [0.25, 0.3) is 5.91 Å². The second kappa shape index (κ2) is 8.61. The van der Waals surface area contributed by atoms with Gasteiger partial charge in [0.15, 0.2) is 0 Å². The van der Waals surface area contributed by atoms with E-state index in [9.17, 15) is 9.59 Å². The first kappa shape index (κ1) is 19.5. The molecule has 7 heteroatoms. The van der Waals surface area contributed by atoms with Gasteiger partial charge in [-0.2, -0.15) is 0 Å². The summed E-state index contributed by atoms with van der Waals surface area (Å²) in [6.45, 7) is 0.606. The Kier molecular flexibility index (Phi) is 6.21. The first-order chi connectivity index (χ1) is 13.0. The monoisotopic (exact) mass is 376 g/mol. The summed E-state index contributed by atoms with van der Waals surface area (Å²) in [4.78, 5) is 24.7. The number of fused-ring (bicyclic) bond motifs is 1. The summed E-state index contributed by atoms with van der Waals surface area (Å²) in [5.74, 6) is 1.73. The smallest absolute Gasteiger partial charge is 0.251 e. The number of nitrogens with one attached hydrogen (secondary N) is 2. The SMILES string of the molecule is COCC1CC(=O)NC2CC(NC(=O)c3cc(OC)cc(OC)c3)CCC12. The third-order valence-electron chi connectivity index (χ3n) is 5.63. The average Bonchev–Trinajstić information content (AvgIpc) is 2.67. The third-order valence-corrected chi connectivity index (χ3v) is 5.63. The molecule has 148 valence electrons. The van der Waals surface area contributed by atoms with Gasteiger partial charge in [0.1, 0.15) is 11.5 Å². The zero-order valence-electron chi connectivity index (χ0n) is 16.1. The zero-order chi connectivity index (χ0) is 19.4. The molecule has 1 aromatic rings. The fraction of sp³-hybridized carbons (Fsp3) is 0.600. The van der Waals surface area contributed by atoms with Gasteiger partial charge >= 0.3 is 0 Å². The van der Waals surface area contributed by atoms with E-state index in [1.165, 1.54) is 0 Å². The highest BCUT2D eigenvalue weighted by molar-refractivity contribution is 5.95.